The van der Waals surface area contributed by atoms with Gasteiger partial charge in [-0.25, -0.2) is 9.50 Å². The number of hydrogen-bond acceptors (Lipinski definition) is 3. The fraction of sp³-hybridized carbons (Fsp3) is 0.222. The lowest BCUT2D eigenvalue weighted by Crippen LogP contribution is -1.95. The third kappa shape index (κ3) is 1.05. The molecule has 0 unspecified atom stereocenters. The summed E-state index contributed by atoms with van der Waals surface area (Å²) >= 11 is 0. The smallest absolute Gasteiger partial charge is 0.173 e. The summed E-state index contributed by atoms with van der Waals surface area (Å²) in [6, 6.07) is 5.71. The number of hydrogen-bond donors (Lipinski definition) is 0. The van der Waals surface area contributed by atoms with E-state index in [0.29, 0.717) is 17.0 Å². The average molecular weight is 172 g/mol. The summed E-state index contributed by atoms with van der Waals surface area (Å²) in [7, 11) is 0. The summed E-state index contributed by atoms with van der Waals surface area (Å²) in [6.07, 6.45) is 0. The number of pyridine rings is 1. The van der Waals surface area contributed by atoms with Crippen LogP contribution in [-0.4, -0.2) is 14.6 Å². The lowest BCUT2D eigenvalue weighted by molar-refractivity contribution is 0.891. The normalized spacial score (nSPS) is 10.2. The highest BCUT2D eigenvalue weighted by atomic mass is 15.3. The van der Waals surface area contributed by atoms with Crippen LogP contribution in [0.3, 0.4) is 0 Å². The molecule has 0 bridgehead atoms. The van der Waals surface area contributed by atoms with Gasteiger partial charge in [0.25, 0.3) is 0 Å². The van der Waals surface area contributed by atoms with E-state index in [1.807, 2.05) is 19.9 Å². The summed E-state index contributed by atoms with van der Waals surface area (Å²) < 4.78 is 1.69. The lowest BCUT2D eigenvalue weighted by Gasteiger charge is -1.97. The third-order valence-electron chi connectivity index (χ3n) is 1.90. The summed E-state index contributed by atoms with van der Waals surface area (Å²) in [5.74, 6) is 0.686. The molecule has 2 heterocycles. The van der Waals surface area contributed by atoms with Gasteiger partial charge >= 0.3 is 0 Å². The summed E-state index contributed by atoms with van der Waals surface area (Å²) in [5, 5.41) is 13.0. The molecule has 2 aromatic rings. The van der Waals surface area contributed by atoms with Gasteiger partial charge in [-0.3, -0.25) is 0 Å². The molecule has 0 N–H and O–H groups in total. The van der Waals surface area contributed by atoms with Crippen LogP contribution in [0.15, 0.2) is 12.1 Å². The highest BCUT2D eigenvalue weighted by Gasteiger charge is 2.06. The molecule has 0 saturated carbocycles. The average Bonchev–Trinajstić information content (AvgIpc) is 2.48. The van der Waals surface area contributed by atoms with E-state index < -0.39 is 0 Å². The first-order valence-corrected chi connectivity index (χ1v) is 3.95. The molecule has 0 aliphatic carbocycles. The van der Waals surface area contributed by atoms with Crippen molar-refractivity contribution in [2.24, 2.45) is 0 Å². The van der Waals surface area contributed by atoms with Crippen molar-refractivity contribution in [1.29, 1.82) is 5.26 Å². The van der Waals surface area contributed by atoms with Crippen LogP contribution < -0.4 is 0 Å². The predicted octanol–water partition coefficient (Wildman–Crippen LogP) is 1.22. The van der Waals surface area contributed by atoms with Crippen molar-refractivity contribution in [3.8, 4) is 6.07 Å². The second-order valence-electron chi connectivity index (χ2n) is 2.89. The first kappa shape index (κ1) is 7.74. The van der Waals surface area contributed by atoms with Gasteiger partial charge < -0.3 is 0 Å². The van der Waals surface area contributed by atoms with Gasteiger partial charge in [0.15, 0.2) is 5.65 Å². The van der Waals surface area contributed by atoms with Gasteiger partial charge in [-0.15, -0.1) is 0 Å². The monoisotopic (exact) mass is 172 g/mol. The molecule has 4 nitrogen and oxygen atoms in total. The molecule has 13 heavy (non-hydrogen) atoms. The lowest BCUT2D eigenvalue weighted by atomic mass is 10.2. The zero-order valence-electron chi connectivity index (χ0n) is 7.44. The maximum absolute atomic E-state index is 8.80. The molecular formula is C9H8N4. The van der Waals surface area contributed by atoms with Crippen molar-refractivity contribution in [3.63, 3.8) is 0 Å². The van der Waals surface area contributed by atoms with Crippen molar-refractivity contribution < 1.29 is 0 Å². The Bertz CT molecular complexity index is 504. The Morgan fingerprint density at radius 2 is 2.15 bits per heavy atom. The highest BCUT2D eigenvalue weighted by Crippen LogP contribution is 2.10. The first-order valence-electron chi connectivity index (χ1n) is 3.95. The van der Waals surface area contributed by atoms with Gasteiger partial charge in [0.1, 0.15) is 11.9 Å². The number of fused-ring (bicyclic) bond motifs is 1. The molecule has 0 aromatic carbocycles. The van der Waals surface area contributed by atoms with Crippen LogP contribution in [0.4, 0.5) is 0 Å². The van der Waals surface area contributed by atoms with Gasteiger partial charge in [-0.1, -0.05) is 0 Å². The molecule has 0 saturated heterocycles. The molecule has 0 aliphatic heterocycles. The molecule has 0 fully saturated rings. The quantitative estimate of drug-likeness (QED) is 0.600. The minimum Gasteiger partial charge on any atom is -0.217 e. The van der Waals surface area contributed by atoms with E-state index in [9.17, 15) is 0 Å². The Morgan fingerprint density at radius 1 is 1.38 bits per heavy atom. The van der Waals surface area contributed by atoms with E-state index in [-0.39, 0.29) is 0 Å². The van der Waals surface area contributed by atoms with Crippen LogP contribution in [0.5, 0.6) is 0 Å². The fourth-order valence-corrected chi connectivity index (χ4v) is 1.27. The van der Waals surface area contributed by atoms with Gasteiger partial charge in [0.2, 0.25) is 0 Å². The summed E-state index contributed by atoms with van der Waals surface area (Å²) in [4.78, 5) is 4.17. The number of nitrogens with zero attached hydrogens (tertiary/aromatic N) is 4. The Hall–Kier alpha value is -1.89. The largest absolute Gasteiger partial charge is 0.217 e. The first-order chi connectivity index (χ1) is 6.22. The second kappa shape index (κ2) is 2.56. The highest BCUT2D eigenvalue weighted by molar-refractivity contribution is 5.55. The maximum atomic E-state index is 8.80. The van der Waals surface area contributed by atoms with Crippen molar-refractivity contribution in [1.82, 2.24) is 14.6 Å². The van der Waals surface area contributed by atoms with Crippen molar-refractivity contribution >= 4 is 5.65 Å². The Kier molecular flexibility index (Phi) is 1.52. The van der Waals surface area contributed by atoms with E-state index in [2.05, 4.69) is 16.2 Å². The predicted molar refractivity (Wildman–Crippen MR) is 47.2 cm³/mol. The van der Waals surface area contributed by atoms with Crippen molar-refractivity contribution in [2.75, 3.05) is 0 Å². The molecule has 0 amide bonds. The third-order valence-corrected chi connectivity index (χ3v) is 1.90. The van der Waals surface area contributed by atoms with Crippen LogP contribution >= 0.6 is 0 Å². The second-order valence-corrected chi connectivity index (χ2v) is 2.89. The van der Waals surface area contributed by atoms with Gasteiger partial charge in [0, 0.05) is 5.69 Å². The van der Waals surface area contributed by atoms with Crippen LogP contribution in [0, 0.1) is 25.2 Å². The summed E-state index contributed by atoms with van der Waals surface area (Å²) in [6.45, 7) is 3.75. The van der Waals surface area contributed by atoms with Crippen LogP contribution in [0.25, 0.3) is 5.65 Å². The van der Waals surface area contributed by atoms with Crippen molar-refractivity contribution in [2.45, 2.75) is 13.8 Å². The molecule has 0 atom stereocenters. The van der Waals surface area contributed by atoms with Crippen LogP contribution in [0.2, 0.25) is 0 Å². The Balaban J connectivity index is 2.94. The van der Waals surface area contributed by atoms with Gasteiger partial charge in [-0.05, 0) is 26.0 Å². The zero-order chi connectivity index (χ0) is 9.42. The molecule has 4 heteroatoms. The SMILES string of the molecule is Cc1nc2c(C#N)ccc(C)n2n1. The van der Waals surface area contributed by atoms with E-state index in [1.165, 1.54) is 0 Å². The molecule has 64 valence electrons. The van der Waals surface area contributed by atoms with E-state index in [1.54, 1.807) is 10.6 Å². The number of nitriles is 1. The van der Waals surface area contributed by atoms with Gasteiger partial charge in [0.05, 0.1) is 5.56 Å². The summed E-state index contributed by atoms with van der Waals surface area (Å²) in [5.41, 5.74) is 2.18. The van der Waals surface area contributed by atoms with E-state index in [0.717, 1.165) is 5.69 Å². The fourth-order valence-electron chi connectivity index (χ4n) is 1.27. The number of rotatable bonds is 0. The maximum Gasteiger partial charge on any atom is 0.173 e. The minimum atomic E-state index is 0.561. The van der Waals surface area contributed by atoms with Crippen LogP contribution in [0.1, 0.15) is 17.1 Å². The molecule has 0 radical (unpaired) electrons. The molecule has 0 aliphatic rings. The van der Waals surface area contributed by atoms with E-state index in [4.69, 9.17) is 5.26 Å². The molecule has 0 spiro atoms. The minimum absolute atomic E-state index is 0.561. The van der Waals surface area contributed by atoms with Crippen LogP contribution in [-0.2, 0) is 0 Å². The number of aromatic nitrogens is 3. The van der Waals surface area contributed by atoms with Crippen molar-refractivity contribution in [3.05, 3.63) is 29.2 Å². The number of aryl methyl sites for hydroxylation is 2. The molecular weight excluding hydrogens is 164 g/mol. The molecule has 2 rings (SSSR count). The zero-order valence-corrected chi connectivity index (χ0v) is 7.44. The standard InChI is InChI=1S/C9H8N4/c1-6-3-4-8(5-10)9-11-7(2)12-13(6)9/h3-4H,1-2H3. The van der Waals surface area contributed by atoms with Gasteiger partial charge in [-0.2, -0.15) is 10.4 Å². The topological polar surface area (TPSA) is 54.0 Å². The van der Waals surface area contributed by atoms with E-state index >= 15 is 0 Å². The Morgan fingerprint density at radius 3 is 2.85 bits per heavy atom. The molecule has 2 aromatic heterocycles. The Labute approximate surface area is 75.4 Å².